The van der Waals surface area contributed by atoms with Gasteiger partial charge in [0.15, 0.2) is 0 Å². The molecule has 1 aromatic rings. The van der Waals surface area contributed by atoms with Gasteiger partial charge in [-0.25, -0.2) is 0 Å². The topological polar surface area (TPSA) is 23.8 Å². The maximum absolute atomic E-state index is 8.28. The van der Waals surface area contributed by atoms with Crippen molar-refractivity contribution in [2.75, 3.05) is 0 Å². The fraction of sp³-hybridized carbons (Fsp3) is 0.0833. The summed E-state index contributed by atoms with van der Waals surface area (Å²) in [5.74, 6) is 0. The normalized spacial score (nSPS) is 9.77. The van der Waals surface area contributed by atoms with Crippen molar-refractivity contribution in [1.29, 1.82) is 5.26 Å². The second kappa shape index (κ2) is 4.95. The highest BCUT2D eigenvalue weighted by Gasteiger charge is 1.88. The fourth-order valence-electron chi connectivity index (χ4n) is 1.04. The average molecular weight is 169 g/mol. The zero-order valence-electron chi connectivity index (χ0n) is 7.40. The Kier molecular flexibility index (Phi) is 3.53. The molecule has 0 unspecified atom stereocenters. The molecule has 0 heterocycles. The smallest absolute Gasteiger partial charge is 0.0908 e. The largest absolute Gasteiger partial charge is 0.193 e. The van der Waals surface area contributed by atoms with Crippen molar-refractivity contribution < 1.29 is 0 Å². The maximum atomic E-state index is 8.28. The molecule has 0 bridgehead atoms. The number of hydrogen-bond donors (Lipinski definition) is 0. The van der Waals surface area contributed by atoms with E-state index in [4.69, 9.17) is 5.26 Å². The summed E-state index contributed by atoms with van der Waals surface area (Å²) in [6, 6.07) is 10.1. The minimum Gasteiger partial charge on any atom is -0.193 e. The maximum Gasteiger partial charge on any atom is 0.0908 e. The highest BCUT2D eigenvalue weighted by molar-refractivity contribution is 5.47. The molecule has 0 aromatic heterocycles. The molecule has 0 saturated heterocycles. The molecule has 0 aliphatic carbocycles. The molecular formula is C12H11N. The van der Waals surface area contributed by atoms with Gasteiger partial charge in [-0.3, -0.25) is 0 Å². The molecule has 0 aliphatic heterocycles. The van der Waals surface area contributed by atoms with Crippen molar-refractivity contribution in [3.8, 4) is 6.07 Å². The van der Waals surface area contributed by atoms with Gasteiger partial charge in [-0.1, -0.05) is 43.0 Å². The van der Waals surface area contributed by atoms with Gasteiger partial charge in [-0.2, -0.15) is 5.26 Å². The van der Waals surface area contributed by atoms with Crippen molar-refractivity contribution in [1.82, 2.24) is 0 Å². The van der Waals surface area contributed by atoms with E-state index in [0.29, 0.717) is 0 Å². The van der Waals surface area contributed by atoms with Gasteiger partial charge in [0.1, 0.15) is 0 Å². The van der Waals surface area contributed by atoms with Crippen LogP contribution in [0.15, 0.2) is 43.0 Å². The lowest BCUT2D eigenvalue weighted by Gasteiger charge is -1.96. The lowest BCUT2D eigenvalue weighted by atomic mass is 10.1. The summed E-state index contributed by atoms with van der Waals surface area (Å²) in [6.45, 7) is 3.68. The van der Waals surface area contributed by atoms with Crippen LogP contribution in [0.2, 0.25) is 0 Å². The van der Waals surface area contributed by atoms with E-state index in [1.54, 1.807) is 0 Å². The molecule has 0 radical (unpaired) electrons. The summed E-state index contributed by atoms with van der Waals surface area (Å²) in [7, 11) is 0. The molecule has 0 amide bonds. The Balaban J connectivity index is 2.65. The first-order valence-corrected chi connectivity index (χ1v) is 4.13. The predicted molar refractivity (Wildman–Crippen MR) is 55.0 cm³/mol. The number of hydrogen-bond acceptors (Lipinski definition) is 1. The van der Waals surface area contributed by atoms with E-state index in [1.807, 2.05) is 42.5 Å². The van der Waals surface area contributed by atoms with Gasteiger partial charge in [0.2, 0.25) is 0 Å². The highest BCUT2D eigenvalue weighted by atomic mass is 14.2. The van der Waals surface area contributed by atoms with Gasteiger partial charge in [0, 0.05) is 6.08 Å². The van der Waals surface area contributed by atoms with Crippen LogP contribution >= 0.6 is 0 Å². The number of nitrogens with zero attached hydrogens (tertiary/aromatic N) is 1. The SMILES string of the molecule is C=Cc1ccc(CC=CC#N)cc1. The van der Waals surface area contributed by atoms with Crippen LogP contribution in [0.25, 0.3) is 6.08 Å². The Morgan fingerprint density at radius 1 is 1.31 bits per heavy atom. The Hall–Kier alpha value is -1.81. The van der Waals surface area contributed by atoms with Crippen LogP contribution in [0.3, 0.4) is 0 Å². The fourth-order valence-corrected chi connectivity index (χ4v) is 1.04. The van der Waals surface area contributed by atoms with E-state index in [9.17, 15) is 0 Å². The Labute approximate surface area is 78.6 Å². The summed E-state index contributed by atoms with van der Waals surface area (Å²) in [5, 5.41) is 8.28. The molecule has 0 fully saturated rings. The van der Waals surface area contributed by atoms with Crippen LogP contribution in [-0.4, -0.2) is 0 Å². The minimum absolute atomic E-state index is 0.810. The zero-order valence-corrected chi connectivity index (χ0v) is 7.40. The summed E-state index contributed by atoms with van der Waals surface area (Å²) in [6.07, 6.45) is 5.98. The van der Waals surface area contributed by atoms with Crippen molar-refractivity contribution in [3.63, 3.8) is 0 Å². The molecule has 0 aliphatic rings. The molecule has 1 rings (SSSR count). The summed E-state index contributed by atoms with van der Waals surface area (Å²) >= 11 is 0. The molecule has 1 nitrogen and oxygen atoms in total. The minimum atomic E-state index is 0.810. The average Bonchev–Trinajstić information content (AvgIpc) is 2.19. The van der Waals surface area contributed by atoms with Crippen molar-refractivity contribution in [3.05, 3.63) is 54.1 Å². The molecule has 1 heteroatoms. The third-order valence-electron chi connectivity index (χ3n) is 1.76. The van der Waals surface area contributed by atoms with Crippen molar-refractivity contribution in [2.45, 2.75) is 6.42 Å². The predicted octanol–water partition coefficient (Wildman–Crippen LogP) is 2.95. The van der Waals surface area contributed by atoms with Crippen LogP contribution in [0, 0.1) is 11.3 Å². The first-order valence-electron chi connectivity index (χ1n) is 4.13. The summed E-state index contributed by atoms with van der Waals surface area (Å²) < 4.78 is 0. The lowest BCUT2D eigenvalue weighted by Crippen LogP contribution is -1.80. The van der Waals surface area contributed by atoms with E-state index in [0.717, 1.165) is 12.0 Å². The molecular weight excluding hydrogens is 158 g/mol. The van der Waals surface area contributed by atoms with Crippen molar-refractivity contribution in [2.24, 2.45) is 0 Å². The summed E-state index contributed by atoms with van der Waals surface area (Å²) in [5.41, 5.74) is 2.32. The van der Waals surface area contributed by atoms with E-state index in [2.05, 4.69) is 6.58 Å². The standard InChI is InChI=1S/C12H11N/c1-2-11-6-8-12(9-7-11)5-3-4-10-13/h2-4,6-9H,1,5H2. The Bertz CT molecular complexity index is 338. The number of rotatable bonds is 3. The number of benzene rings is 1. The van der Waals surface area contributed by atoms with Gasteiger partial charge in [0.25, 0.3) is 0 Å². The lowest BCUT2D eigenvalue weighted by molar-refractivity contribution is 1.27. The zero-order chi connectivity index (χ0) is 9.52. The van der Waals surface area contributed by atoms with E-state index >= 15 is 0 Å². The third-order valence-corrected chi connectivity index (χ3v) is 1.76. The van der Waals surface area contributed by atoms with Crippen LogP contribution < -0.4 is 0 Å². The number of nitriles is 1. The van der Waals surface area contributed by atoms with E-state index in [-0.39, 0.29) is 0 Å². The van der Waals surface area contributed by atoms with Gasteiger partial charge >= 0.3 is 0 Å². The van der Waals surface area contributed by atoms with Crippen LogP contribution in [-0.2, 0) is 6.42 Å². The highest BCUT2D eigenvalue weighted by Crippen LogP contribution is 2.06. The van der Waals surface area contributed by atoms with Gasteiger partial charge < -0.3 is 0 Å². The van der Waals surface area contributed by atoms with Gasteiger partial charge in [0.05, 0.1) is 6.07 Å². The Morgan fingerprint density at radius 3 is 2.54 bits per heavy atom. The van der Waals surface area contributed by atoms with Crippen LogP contribution in [0.1, 0.15) is 11.1 Å². The molecule has 64 valence electrons. The van der Waals surface area contributed by atoms with Gasteiger partial charge in [-0.15, -0.1) is 0 Å². The first kappa shape index (κ1) is 9.28. The first-order chi connectivity index (χ1) is 6.36. The monoisotopic (exact) mass is 169 g/mol. The van der Waals surface area contributed by atoms with Gasteiger partial charge in [-0.05, 0) is 17.5 Å². The molecule has 13 heavy (non-hydrogen) atoms. The van der Waals surface area contributed by atoms with Crippen LogP contribution in [0.4, 0.5) is 0 Å². The van der Waals surface area contributed by atoms with Crippen molar-refractivity contribution >= 4 is 6.08 Å². The van der Waals surface area contributed by atoms with Crippen LogP contribution in [0.5, 0.6) is 0 Å². The second-order valence-electron chi connectivity index (χ2n) is 2.68. The molecule has 0 N–H and O–H groups in total. The quantitative estimate of drug-likeness (QED) is 0.638. The molecule has 1 aromatic carbocycles. The molecule has 0 saturated carbocycles. The Morgan fingerprint density at radius 2 is 2.00 bits per heavy atom. The molecule has 0 spiro atoms. The van der Waals surface area contributed by atoms with E-state index < -0.39 is 0 Å². The third kappa shape index (κ3) is 2.96. The number of allylic oxidation sites excluding steroid dienone is 2. The summed E-state index contributed by atoms with van der Waals surface area (Å²) in [4.78, 5) is 0. The molecule has 0 atom stereocenters. The van der Waals surface area contributed by atoms with E-state index in [1.165, 1.54) is 11.6 Å². The second-order valence-corrected chi connectivity index (χ2v) is 2.68.